The number of benzene rings is 1. The first kappa shape index (κ1) is 21.0. The highest BCUT2D eigenvalue weighted by Gasteiger charge is 2.31. The first-order chi connectivity index (χ1) is 13.8. The monoisotopic (exact) mass is 399 g/mol. The Balaban J connectivity index is 1.70. The van der Waals surface area contributed by atoms with Gasteiger partial charge in [-0.2, -0.15) is 10.1 Å². The molecule has 0 unspecified atom stereocenters. The fraction of sp³-hybridized carbons (Fsp3) is 0.545. The molecule has 0 aromatic heterocycles. The van der Waals surface area contributed by atoms with Gasteiger partial charge in [0.05, 0.1) is 5.69 Å². The molecular formula is C22H29N3O4. The summed E-state index contributed by atoms with van der Waals surface area (Å²) < 4.78 is 5.41. The summed E-state index contributed by atoms with van der Waals surface area (Å²) in [5.74, 6) is -0.368. The summed E-state index contributed by atoms with van der Waals surface area (Å²) in [5.41, 5.74) is 2.72. The van der Waals surface area contributed by atoms with E-state index in [9.17, 15) is 14.4 Å². The van der Waals surface area contributed by atoms with Crippen LogP contribution < -0.4 is 5.01 Å². The van der Waals surface area contributed by atoms with Gasteiger partial charge in [0.25, 0.3) is 5.91 Å². The van der Waals surface area contributed by atoms with Crippen molar-refractivity contribution in [1.29, 1.82) is 0 Å². The number of carbonyl (C=O) groups excluding carboxylic acids is 3. The lowest BCUT2D eigenvalue weighted by atomic mass is 9.99. The first-order valence-corrected chi connectivity index (χ1v) is 10.2. The molecule has 1 atom stereocenters. The van der Waals surface area contributed by atoms with Gasteiger partial charge in [-0.3, -0.25) is 9.59 Å². The molecule has 1 aromatic rings. The van der Waals surface area contributed by atoms with Crippen LogP contribution in [-0.2, 0) is 19.1 Å². The van der Waals surface area contributed by atoms with Crippen molar-refractivity contribution in [2.75, 3.05) is 18.1 Å². The van der Waals surface area contributed by atoms with Gasteiger partial charge in [-0.1, -0.05) is 19.1 Å². The second-order valence-electron chi connectivity index (χ2n) is 8.10. The molecule has 0 radical (unpaired) electrons. The van der Waals surface area contributed by atoms with Gasteiger partial charge in [0.15, 0.2) is 6.10 Å². The molecule has 2 amide bonds. The van der Waals surface area contributed by atoms with Crippen LogP contribution in [0.3, 0.4) is 0 Å². The SMILES string of the molecule is Cc1ccc(C)c(N2N=C(C(=O)O[C@H](C)C(=O)N3CCC(C)CC3)CCC2=O)c1. The fourth-order valence-corrected chi connectivity index (χ4v) is 3.60. The zero-order valence-electron chi connectivity index (χ0n) is 17.6. The van der Waals surface area contributed by atoms with Crippen LogP contribution in [0.5, 0.6) is 0 Å². The molecule has 1 fully saturated rings. The molecule has 1 aromatic carbocycles. The molecule has 0 spiro atoms. The van der Waals surface area contributed by atoms with Gasteiger partial charge < -0.3 is 9.64 Å². The Morgan fingerprint density at radius 2 is 1.86 bits per heavy atom. The molecule has 29 heavy (non-hydrogen) atoms. The summed E-state index contributed by atoms with van der Waals surface area (Å²) in [6.45, 7) is 8.98. The van der Waals surface area contributed by atoms with Gasteiger partial charge >= 0.3 is 5.97 Å². The summed E-state index contributed by atoms with van der Waals surface area (Å²) in [5, 5.41) is 5.55. The Kier molecular flexibility index (Phi) is 6.35. The average Bonchev–Trinajstić information content (AvgIpc) is 2.70. The van der Waals surface area contributed by atoms with E-state index in [1.807, 2.05) is 32.0 Å². The molecule has 2 heterocycles. The number of hydrogen-bond acceptors (Lipinski definition) is 5. The second-order valence-corrected chi connectivity index (χ2v) is 8.10. The molecule has 0 aliphatic carbocycles. The van der Waals surface area contributed by atoms with Gasteiger partial charge in [0, 0.05) is 25.9 Å². The zero-order valence-corrected chi connectivity index (χ0v) is 17.6. The van der Waals surface area contributed by atoms with Crippen LogP contribution in [0.4, 0.5) is 5.69 Å². The van der Waals surface area contributed by atoms with E-state index in [0.717, 1.165) is 24.0 Å². The van der Waals surface area contributed by atoms with E-state index in [4.69, 9.17) is 4.74 Å². The highest BCUT2D eigenvalue weighted by molar-refractivity contribution is 6.38. The maximum atomic E-state index is 12.6. The average molecular weight is 399 g/mol. The number of ether oxygens (including phenoxy) is 1. The minimum atomic E-state index is -0.870. The molecule has 7 nitrogen and oxygen atoms in total. The van der Waals surface area contributed by atoms with Crippen molar-refractivity contribution in [2.45, 2.75) is 59.5 Å². The number of rotatable bonds is 4. The van der Waals surface area contributed by atoms with Crippen LogP contribution in [0.2, 0.25) is 0 Å². The van der Waals surface area contributed by atoms with E-state index < -0.39 is 12.1 Å². The Hall–Kier alpha value is -2.70. The number of hydrazone groups is 1. The van der Waals surface area contributed by atoms with Crippen LogP contribution in [0.1, 0.15) is 50.7 Å². The van der Waals surface area contributed by atoms with Gasteiger partial charge in [-0.05, 0) is 56.7 Å². The third-order valence-electron chi connectivity index (χ3n) is 5.59. The van der Waals surface area contributed by atoms with E-state index in [1.165, 1.54) is 5.01 Å². The largest absolute Gasteiger partial charge is 0.448 e. The van der Waals surface area contributed by atoms with Crippen molar-refractivity contribution in [3.05, 3.63) is 29.3 Å². The van der Waals surface area contributed by atoms with Gasteiger partial charge in [-0.15, -0.1) is 0 Å². The smallest absolute Gasteiger partial charge is 0.355 e. The Bertz CT molecular complexity index is 840. The molecule has 1 saturated heterocycles. The number of amides is 2. The number of piperidine rings is 1. The molecule has 156 valence electrons. The van der Waals surface area contributed by atoms with E-state index in [0.29, 0.717) is 24.7 Å². The van der Waals surface area contributed by atoms with Crippen LogP contribution in [0.15, 0.2) is 23.3 Å². The normalized spacial score (nSPS) is 19.0. The molecule has 7 heteroatoms. The molecule has 2 aliphatic rings. The Morgan fingerprint density at radius 1 is 1.17 bits per heavy atom. The molecule has 3 rings (SSSR count). The van der Waals surface area contributed by atoms with Crippen LogP contribution >= 0.6 is 0 Å². The molecular weight excluding hydrogens is 370 g/mol. The van der Waals surface area contributed by atoms with Gasteiger partial charge in [-0.25, -0.2) is 4.79 Å². The van der Waals surface area contributed by atoms with Crippen molar-refractivity contribution in [3.8, 4) is 0 Å². The highest BCUT2D eigenvalue weighted by atomic mass is 16.5. The van der Waals surface area contributed by atoms with E-state index in [-0.39, 0.29) is 30.4 Å². The number of aryl methyl sites for hydroxylation is 2. The van der Waals surface area contributed by atoms with Crippen molar-refractivity contribution < 1.29 is 19.1 Å². The lowest BCUT2D eigenvalue weighted by Crippen LogP contribution is -2.45. The minimum absolute atomic E-state index is 0.164. The molecule has 0 N–H and O–H groups in total. The fourth-order valence-electron chi connectivity index (χ4n) is 3.60. The number of likely N-dealkylation sites (tertiary alicyclic amines) is 1. The van der Waals surface area contributed by atoms with Crippen molar-refractivity contribution in [3.63, 3.8) is 0 Å². The second kappa shape index (κ2) is 8.76. The topological polar surface area (TPSA) is 79.3 Å². The maximum Gasteiger partial charge on any atom is 0.355 e. The maximum absolute atomic E-state index is 12.6. The number of anilines is 1. The first-order valence-electron chi connectivity index (χ1n) is 10.2. The zero-order chi connectivity index (χ0) is 21.1. The molecule has 2 aliphatic heterocycles. The summed E-state index contributed by atoms with van der Waals surface area (Å²) in [6, 6.07) is 5.75. The lowest BCUT2D eigenvalue weighted by Gasteiger charge is -2.32. The summed E-state index contributed by atoms with van der Waals surface area (Å²) in [6.07, 6.45) is 1.44. The van der Waals surface area contributed by atoms with Crippen LogP contribution in [0.25, 0.3) is 0 Å². The van der Waals surface area contributed by atoms with E-state index in [1.54, 1.807) is 11.8 Å². The number of carbonyl (C=O) groups is 3. The van der Waals surface area contributed by atoms with Gasteiger partial charge in [0.2, 0.25) is 5.91 Å². The predicted octanol–water partition coefficient (Wildman–Crippen LogP) is 2.98. The summed E-state index contributed by atoms with van der Waals surface area (Å²) in [7, 11) is 0. The summed E-state index contributed by atoms with van der Waals surface area (Å²) >= 11 is 0. The van der Waals surface area contributed by atoms with Gasteiger partial charge in [0.1, 0.15) is 5.71 Å². The number of esters is 1. The highest BCUT2D eigenvalue weighted by Crippen LogP contribution is 2.26. The Labute approximate surface area is 171 Å². The lowest BCUT2D eigenvalue weighted by molar-refractivity contribution is -0.154. The van der Waals surface area contributed by atoms with Crippen molar-refractivity contribution in [1.82, 2.24) is 4.90 Å². The van der Waals surface area contributed by atoms with E-state index in [2.05, 4.69) is 12.0 Å². The molecule has 0 saturated carbocycles. The third-order valence-corrected chi connectivity index (χ3v) is 5.59. The Morgan fingerprint density at radius 3 is 2.55 bits per heavy atom. The van der Waals surface area contributed by atoms with Crippen LogP contribution in [-0.4, -0.2) is 47.6 Å². The molecule has 0 bridgehead atoms. The standard InChI is InChI=1S/C22H29N3O4/c1-14-9-11-24(12-10-14)21(27)17(4)29-22(28)18-7-8-20(26)25(23-18)19-13-15(2)5-6-16(19)3/h5-6,13-14,17H,7-12H2,1-4H3/t17-/m1/s1. The third kappa shape index (κ3) is 4.83. The van der Waals surface area contributed by atoms with Crippen molar-refractivity contribution >= 4 is 29.2 Å². The quantitative estimate of drug-likeness (QED) is 0.729. The van der Waals surface area contributed by atoms with Crippen molar-refractivity contribution in [2.24, 2.45) is 11.0 Å². The number of hydrogen-bond donors (Lipinski definition) is 0. The van der Waals surface area contributed by atoms with E-state index >= 15 is 0 Å². The van der Waals surface area contributed by atoms with Crippen LogP contribution in [0, 0.1) is 19.8 Å². The predicted molar refractivity (Wildman–Crippen MR) is 111 cm³/mol. The summed E-state index contributed by atoms with van der Waals surface area (Å²) in [4.78, 5) is 39.4. The minimum Gasteiger partial charge on any atom is -0.448 e. The number of nitrogens with zero attached hydrogens (tertiary/aromatic N) is 3.